The fourth-order valence-corrected chi connectivity index (χ4v) is 6.58. The summed E-state index contributed by atoms with van der Waals surface area (Å²) in [5.74, 6) is 0.863. The number of ether oxygens (including phenoxy) is 3. The Labute approximate surface area is 192 Å². The molecule has 3 aliphatic heterocycles. The van der Waals surface area contributed by atoms with E-state index in [-0.39, 0.29) is 24.7 Å². The molecule has 1 aromatic rings. The molecule has 5 nitrogen and oxygen atoms in total. The Morgan fingerprint density at radius 2 is 2.12 bits per heavy atom. The lowest BCUT2D eigenvalue weighted by Gasteiger charge is -2.37. The Morgan fingerprint density at radius 3 is 2.91 bits per heavy atom. The third-order valence-electron chi connectivity index (χ3n) is 8.32. The lowest BCUT2D eigenvalue weighted by Crippen LogP contribution is -2.47. The second kappa shape index (κ2) is 8.86. The number of benzene rings is 1. The first-order valence-electron chi connectivity index (χ1n) is 12.0. The number of fused-ring (bicyclic) bond motifs is 2. The third kappa shape index (κ3) is 4.30. The minimum Gasteiger partial charge on any atom is -0.379 e. The second-order valence-electron chi connectivity index (χ2n) is 10.2. The van der Waals surface area contributed by atoms with Crippen LogP contribution in [0.25, 0.3) is 0 Å². The van der Waals surface area contributed by atoms with Gasteiger partial charge >= 0.3 is 6.18 Å². The van der Waals surface area contributed by atoms with Crippen molar-refractivity contribution in [1.82, 2.24) is 4.90 Å². The van der Waals surface area contributed by atoms with Crippen LogP contribution in [0.3, 0.4) is 0 Å². The summed E-state index contributed by atoms with van der Waals surface area (Å²) < 4.78 is 56.9. The van der Waals surface area contributed by atoms with E-state index in [4.69, 9.17) is 14.2 Å². The molecule has 182 valence electrons. The SMILES string of the molecule is CO[C@@H]1COCC[C@@H]1C[C@@H]1C[C@H]2OCC[C@@]2(C(=O)N2CCc3ccc(C(F)(F)F)cc3C2)C1. The highest BCUT2D eigenvalue weighted by Gasteiger charge is 2.57. The van der Waals surface area contributed by atoms with Gasteiger partial charge in [0.15, 0.2) is 0 Å². The van der Waals surface area contributed by atoms with Crippen molar-refractivity contribution >= 4 is 5.91 Å². The fourth-order valence-electron chi connectivity index (χ4n) is 6.58. The summed E-state index contributed by atoms with van der Waals surface area (Å²) in [5.41, 5.74) is 0.312. The summed E-state index contributed by atoms with van der Waals surface area (Å²) in [4.78, 5) is 15.6. The van der Waals surface area contributed by atoms with Crippen molar-refractivity contribution in [3.8, 4) is 0 Å². The zero-order valence-corrected chi connectivity index (χ0v) is 19.0. The summed E-state index contributed by atoms with van der Waals surface area (Å²) in [7, 11) is 1.72. The van der Waals surface area contributed by atoms with Crippen molar-refractivity contribution in [2.24, 2.45) is 17.3 Å². The molecule has 1 amide bonds. The van der Waals surface area contributed by atoms with Crippen molar-refractivity contribution in [3.05, 3.63) is 34.9 Å². The molecular formula is C25H32F3NO4. The van der Waals surface area contributed by atoms with E-state index in [1.807, 2.05) is 0 Å². The first-order valence-corrected chi connectivity index (χ1v) is 12.0. The molecular weight excluding hydrogens is 435 g/mol. The van der Waals surface area contributed by atoms with Crippen LogP contribution >= 0.6 is 0 Å². The Bertz CT molecular complexity index is 891. The van der Waals surface area contributed by atoms with E-state index >= 15 is 0 Å². The number of amides is 1. The summed E-state index contributed by atoms with van der Waals surface area (Å²) >= 11 is 0. The molecule has 33 heavy (non-hydrogen) atoms. The van der Waals surface area contributed by atoms with Crippen molar-refractivity contribution in [2.75, 3.05) is 33.5 Å². The van der Waals surface area contributed by atoms with E-state index in [1.54, 1.807) is 18.1 Å². The van der Waals surface area contributed by atoms with Gasteiger partial charge in [-0.2, -0.15) is 13.2 Å². The zero-order valence-electron chi connectivity index (χ0n) is 19.0. The number of hydrogen-bond acceptors (Lipinski definition) is 4. The van der Waals surface area contributed by atoms with Crippen LogP contribution in [0, 0.1) is 17.3 Å². The molecule has 5 rings (SSSR count). The predicted molar refractivity (Wildman–Crippen MR) is 114 cm³/mol. The Balaban J connectivity index is 1.31. The summed E-state index contributed by atoms with van der Waals surface area (Å²) in [6, 6.07) is 3.91. The van der Waals surface area contributed by atoms with Crippen LogP contribution in [-0.2, 0) is 38.1 Å². The maximum atomic E-state index is 13.8. The maximum Gasteiger partial charge on any atom is 0.416 e. The molecule has 0 N–H and O–H groups in total. The number of hydrogen-bond donors (Lipinski definition) is 0. The van der Waals surface area contributed by atoms with Crippen LogP contribution in [-0.4, -0.2) is 56.5 Å². The highest BCUT2D eigenvalue weighted by molar-refractivity contribution is 5.84. The smallest absolute Gasteiger partial charge is 0.379 e. The lowest BCUT2D eigenvalue weighted by atomic mass is 9.78. The van der Waals surface area contributed by atoms with Gasteiger partial charge in [0.2, 0.25) is 5.91 Å². The van der Waals surface area contributed by atoms with Gasteiger partial charge in [0.25, 0.3) is 0 Å². The Morgan fingerprint density at radius 1 is 1.27 bits per heavy atom. The van der Waals surface area contributed by atoms with Gasteiger partial charge in [0.1, 0.15) is 0 Å². The van der Waals surface area contributed by atoms with Gasteiger partial charge in [0.05, 0.1) is 29.8 Å². The van der Waals surface area contributed by atoms with Crippen molar-refractivity contribution < 1.29 is 32.2 Å². The number of halogens is 3. The van der Waals surface area contributed by atoms with Crippen LogP contribution in [0.4, 0.5) is 13.2 Å². The maximum absolute atomic E-state index is 13.8. The molecule has 8 heteroatoms. The van der Waals surface area contributed by atoms with Gasteiger partial charge < -0.3 is 19.1 Å². The molecule has 4 aliphatic rings. The summed E-state index contributed by atoms with van der Waals surface area (Å²) in [5, 5.41) is 0. The molecule has 1 saturated carbocycles. The van der Waals surface area contributed by atoms with Crippen molar-refractivity contribution in [3.63, 3.8) is 0 Å². The Kier molecular flexibility index (Phi) is 6.20. The third-order valence-corrected chi connectivity index (χ3v) is 8.32. The highest BCUT2D eigenvalue weighted by atomic mass is 19.4. The minimum atomic E-state index is -4.38. The van der Waals surface area contributed by atoms with E-state index < -0.39 is 17.2 Å². The normalized spacial score (nSPS) is 34.2. The average Bonchev–Trinajstić information content (AvgIpc) is 3.35. The van der Waals surface area contributed by atoms with Crippen LogP contribution in [0.15, 0.2) is 18.2 Å². The van der Waals surface area contributed by atoms with E-state index in [1.165, 1.54) is 6.07 Å². The topological polar surface area (TPSA) is 48.0 Å². The number of rotatable bonds is 4. The van der Waals surface area contributed by atoms with Gasteiger partial charge in [-0.05, 0) is 73.6 Å². The number of carbonyl (C=O) groups excluding carboxylic acids is 1. The van der Waals surface area contributed by atoms with E-state index in [0.29, 0.717) is 50.0 Å². The second-order valence-corrected chi connectivity index (χ2v) is 10.2. The van der Waals surface area contributed by atoms with Crippen LogP contribution < -0.4 is 0 Å². The first kappa shape index (κ1) is 23.1. The molecule has 5 atom stereocenters. The summed E-state index contributed by atoms with van der Waals surface area (Å²) in [6.07, 6.45) is 0.501. The predicted octanol–water partition coefficient (Wildman–Crippen LogP) is 4.22. The molecule has 0 aromatic heterocycles. The quantitative estimate of drug-likeness (QED) is 0.666. The van der Waals surface area contributed by atoms with E-state index in [2.05, 4.69) is 0 Å². The first-order chi connectivity index (χ1) is 15.8. The number of alkyl halides is 3. The minimum absolute atomic E-state index is 0.0610. The monoisotopic (exact) mass is 467 g/mol. The zero-order chi connectivity index (χ0) is 23.2. The number of carbonyl (C=O) groups is 1. The molecule has 2 saturated heterocycles. The van der Waals surface area contributed by atoms with Crippen molar-refractivity contribution in [2.45, 2.75) is 63.5 Å². The molecule has 3 heterocycles. The van der Waals surface area contributed by atoms with E-state index in [9.17, 15) is 18.0 Å². The largest absolute Gasteiger partial charge is 0.416 e. The van der Waals surface area contributed by atoms with Gasteiger partial charge in [0, 0.05) is 33.4 Å². The van der Waals surface area contributed by atoms with E-state index in [0.717, 1.165) is 43.9 Å². The molecule has 0 unspecified atom stereocenters. The van der Waals surface area contributed by atoms with Gasteiger partial charge in [-0.3, -0.25) is 4.79 Å². The highest BCUT2D eigenvalue weighted by Crippen LogP contribution is 2.53. The molecule has 1 aliphatic carbocycles. The number of methoxy groups -OCH3 is 1. The molecule has 3 fully saturated rings. The molecule has 0 radical (unpaired) electrons. The average molecular weight is 468 g/mol. The fraction of sp³-hybridized carbons (Fsp3) is 0.720. The summed E-state index contributed by atoms with van der Waals surface area (Å²) in [6.45, 7) is 2.72. The molecule has 0 bridgehead atoms. The molecule has 0 spiro atoms. The lowest BCUT2D eigenvalue weighted by molar-refractivity contribution is -0.145. The van der Waals surface area contributed by atoms with Gasteiger partial charge in [-0.15, -0.1) is 0 Å². The molecule has 1 aromatic carbocycles. The number of nitrogens with zero attached hydrogens (tertiary/aromatic N) is 1. The Hall–Kier alpha value is -1.64. The van der Waals surface area contributed by atoms with Crippen LogP contribution in [0.2, 0.25) is 0 Å². The van der Waals surface area contributed by atoms with Gasteiger partial charge in [-0.1, -0.05) is 6.07 Å². The van der Waals surface area contributed by atoms with Crippen molar-refractivity contribution in [1.29, 1.82) is 0 Å². The van der Waals surface area contributed by atoms with Gasteiger partial charge in [-0.25, -0.2) is 0 Å². The standard InChI is InChI=1S/C25H32F3NO4/c1-31-21-15-32-8-5-18(21)10-16-11-22-24(13-16,6-9-33-22)23(30)29-7-4-17-2-3-20(25(26,27)28)12-19(17)14-29/h2-3,12,16,18,21-22H,4-11,13-15H2,1H3/t16-,18-,21-,22-,24-/m1/s1. The van der Waals surface area contributed by atoms with Crippen LogP contribution in [0.5, 0.6) is 0 Å². The van der Waals surface area contributed by atoms with Crippen LogP contribution in [0.1, 0.15) is 48.8 Å².